The number of hydrogen-bond acceptors (Lipinski definition) is 7. The standard InChI is InChI=1S/C24H56N2O7Si4/c1-11-13-17-25-23(27)29-19-15-21-36(9,31-34(3,4)5)33-37(10,32-35(6,7)8)22-16-20-30-24(28)26-18-14-12-2/h11-22H2,1-10H3,(H,25,27)(H,26,28). The molecule has 0 saturated heterocycles. The van der Waals surface area contributed by atoms with E-state index in [1.807, 2.05) is 0 Å². The zero-order valence-electron chi connectivity index (χ0n) is 25.3. The van der Waals surface area contributed by atoms with Crippen molar-refractivity contribution in [1.29, 1.82) is 0 Å². The number of rotatable bonds is 20. The van der Waals surface area contributed by atoms with Gasteiger partial charge in [0.25, 0.3) is 0 Å². The fraction of sp³-hybridized carbons (Fsp3) is 0.917. The van der Waals surface area contributed by atoms with Gasteiger partial charge in [-0.3, -0.25) is 0 Å². The Morgan fingerprint density at radius 1 is 0.568 bits per heavy atom. The Kier molecular flexibility index (Phi) is 17.4. The zero-order valence-corrected chi connectivity index (χ0v) is 29.3. The van der Waals surface area contributed by atoms with Gasteiger partial charge in [0.05, 0.1) is 13.2 Å². The minimum absolute atomic E-state index is 0.326. The molecule has 0 radical (unpaired) electrons. The highest BCUT2D eigenvalue weighted by Crippen LogP contribution is 2.30. The van der Waals surface area contributed by atoms with Crippen LogP contribution in [-0.2, 0) is 21.8 Å². The molecule has 0 saturated carbocycles. The molecule has 0 spiro atoms. The maximum absolute atomic E-state index is 11.9. The molecule has 0 aliphatic rings. The van der Waals surface area contributed by atoms with E-state index in [1.165, 1.54) is 0 Å². The fourth-order valence-electron chi connectivity index (χ4n) is 3.95. The third-order valence-corrected chi connectivity index (χ3v) is 19.4. The summed E-state index contributed by atoms with van der Waals surface area (Å²) in [5, 5.41) is 5.56. The third-order valence-electron chi connectivity index (χ3n) is 5.09. The molecule has 0 fully saturated rings. The minimum Gasteiger partial charge on any atom is -0.450 e. The van der Waals surface area contributed by atoms with Crippen molar-refractivity contribution >= 4 is 45.9 Å². The molecule has 2 amide bonds. The summed E-state index contributed by atoms with van der Waals surface area (Å²) in [4.78, 5) is 23.8. The lowest BCUT2D eigenvalue weighted by atomic mass is 10.3. The second-order valence-corrected chi connectivity index (χ2v) is 28.3. The van der Waals surface area contributed by atoms with Gasteiger partial charge in [0.2, 0.25) is 0 Å². The van der Waals surface area contributed by atoms with E-state index in [2.05, 4.69) is 76.9 Å². The minimum atomic E-state index is -2.64. The van der Waals surface area contributed by atoms with Crippen LogP contribution in [0.1, 0.15) is 52.4 Å². The molecule has 0 heterocycles. The van der Waals surface area contributed by atoms with Gasteiger partial charge in [-0.05, 0) is 90.1 Å². The van der Waals surface area contributed by atoms with Crippen molar-refractivity contribution < 1.29 is 31.4 Å². The van der Waals surface area contributed by atoms with Gasteiger partial charge in [0.1, 0.15) is 0 Å². The van der Waals surface area contributed by atoms with Crippen molar-refractivity contribution in [2.75, 3.05) is 26.3 Å². The van der Waals surface area contributed by atoms with E-state index in [0.717, 1.165) is 25.7 Å². The molecule has 0 bridgehead atoms. The summed E-state index contributed by atoms with van der Waals surface area (Å²) in [5.74, 6) is 0. The first-order valence-electron chi connectivity index (χ1n) is 13.9. The van der Waals surface area contributed by atoms with Gasteiger partial charge in [-0.1, -0.05) is 26.7 Å². The Morgan fingerprint density at radius 2 is 0.919 bits per heavy atom. The summed E-state index contributed by atoms with van der Waals surface area (Å²) in [6, 6.07) is 1.43. The molecule has 37 heavy (non-hydrogen) atoms. The average molecular weight is 597 g/mol. The van der Waals surface area contributed by atoms with Gasteiger partial charge >= 0.3 is 29.3 Å². The third kappa shape index (κ3) is 20.9. The SMILES string of the molecule is CCCCNC(=O)OCCC[Si](C)(O[Si](C)(C)C)O[Si](C)(CCCOC(=O)NCCCC)O[Si](C)(C)C. The van der Waals surface area contributed by atoms with Crippen LogP contribution < -0.4 is 10.6 Å². The van der Waals surface area contributed by atoms with E-state index < -0.39 is 33.8 Å². The Bertz CT molecular complexity index is 608. The molecule has 2 unspecified atom stereocenters. The second-order valence-electron chi connectivity index (χ2n) is 11.8. The van der Waals surface area contributed by atoms with Crippen LogP contribution in [0.3, 0.4) is 0 Å². The van der Waals surface area contributed by atoms with Gasteiger partial charge < -0.3 is 32.5 Å². The number of carbonyl (C=O) groups is 2. The van der Waals surface area contributed by atoms with Gasteiger partial charge in [-0.15, -0.1) is 0 Å². The molecule has 0 aliphatic heterocycles. The van der Waals surface area contributed by atoms with Crippen LogP contribution in [0.2, 0.25) is 64.5 Å². The molecule has 0 aromatic heterocycles. The first-order chi connectivity index (χ1) is 17.0. The first-order valence-corrected chi connectivity index (χ1v) is 25.8. The zero-order chi connectivity index (χ0) is 28.6. The monoisotopic (exact) mass is 596 g/mol. The van der Waals surface area contributed by atoms with Crippen LogP contribution in [0.4, 0.5) is 9.59 Å². The number of alkyl carbamates (subject to hydrolysis) is 2. The number of unbranched alkanes of at least 4 members (excludes halogenated alkanes) is 2. The van der Waals surface area contributed by atoms with Crippen LogP contribution in [0.5, 0.6) is 0 Å². The van der Waals surface area contributed by atoms with Crippen LogP contribution in [0.15, 0.2) is 0 Å². The number of hydrogen-bond donors (Lipinski definition) is 2. The van der Waals surface area contributed by atoms with Crippen molar-refractivity contribution in [3.63, 3.8) is 0 Å². The Balaban J connectivity index is 5.17. The summed E-state index contributed by atoms with van der Waals surface area (Å²) in [6.45, 7) is 23.3. The molecule has 2 N–H and O–H groups in total. The number of amides is 2. The molecule has 2 atom stereocenters. The van der Waals surface area contributed by atoms with Crippen molar-refractivity contribution in [2.24, 2.45) is 0 Å². The smallest absolute Gasteiger partial charge is 0.407 e. The van der Waals surface area contributed by atoms with E-state index in [0.29, 0.717) is 51.2 Å². The maximum atomic E-state index is 11.9. The van der Waals surface area contributed by atoms with Gasteiger partial charge in [-0.25, -0.2) is 9.59 Å². The topological polar surface area (TPSA) is 104 Å². The molecule has 0 aromatic rings. The summed E-state index contributed by atoms with van der Waals surface area (Å²) in [7, 11) is -9.09. The summed E-state index contributed by atoms with van der Waals surface area (Å²) in [6.07, 6.45) is 4.53. The highest BCUT2D eigenvalue weighted by molar-refractivity contribution is 6.89. The molecular formula is C24H56N2O7Si4. The second kappa shape index (κ2) is 17.8. The highest BCUT2D eigenvalue weighted by atomic mass is 28.5. The largest absolute Gasteiger partial charge is 0.450 e. The first kappa shape index (κ1) is 36.3. The van der Waals surface area contributed by atoms with Crippen LogP contribution >= 0.6 is 0 Å². The molecule has 0 aromatic carbocycles. The molecule has 9 nitrogen and oxygen atoms in total. The number of nitrogens with one attached hydrogen (secondary N) is 2. The molecule has 13 heteroatoms. The van der Waals surface area contributed by atoms with Crippen molar-refractivity contribution in [3.05, 3.63) is 0 Å². The molecule has 220 valence electrons. The van der Waals surface area contributed by atoms with E-state index in [9.17, 15) is 9.59 Å². The van der Waals surface area contributed by atoms with Gasteiger partial charge in [0, 0.05) is 13.1 Å². The fourth-order valence-corrected chi connectivity index (χ4v) is 22.3. The summed E-state index contributed by atoms with van der Waals surface area (Å²) >= 11 is 0. The number of ether oxygens (including phenoxy) is 2. The lowest BCUT2D eigenvalue weighted by Crippen LogP contribution is -2.58. The van der Waals surface area contributed by atoms with Crippen molar-refractivity contribution in [1.82, 2.24) is 10.6 Å². The van der Waals surface area contributed by atoms with E-state index in [4.69, 9.17) is 21.8 Å². The lowest BCUT2D eigenvalue weighted by Gasteiger charge is -2.43. The van der Waals surface area contributed by atoms with E-state index in [-0.39, 0.29) is 12.2 Å². The summed E-state index contributed by atoms with van der Waals surface area (Å²) < 4.78 is 31.1. The summed E-state index contributed by atoms with van der Waals surface area (Å²) in [5.41, 5.74) is 0. The van der Waals surface area contributed by atoms with E-state index >= 15 is 0 Å². The Morgan fingerprint density at radius 3 is 1.22 bits per heavy atom. The molecule has 0 rings (SSSR count). The number of carbonyl (C=O) groups excluding carboxylic acids is 2. The van der Waals surface area contributed by atoms with Gasteiger partial charge in [-0.2, -0.15) is 0 Å². The molecule has 0 aliphatic carbocycles. The average Bonchev–Trinajstić information content (AvgIpc) is 2.72. The molecular weight excluding hydrogens is 541 g/mol. The quantitative estimate of drug-likeness (QED) is 0.119. The highest BCUT2D eigenvalue weighted by Gasteiger charge is 2.46. The van der Waals surface area contributed by atoms with Crippen LogP contribution in [0.25, 0.3) is 0 Å². The van der Waals surface area contributed by atoms with Crippen LogP contribution in [0, 0.1) is 0 Å². The normalized spacial score (nSPS) is 15.4. The lowest BCUT2D eigenvalue weighted by molar-refractivity contribution is 0.145. The van der Waals surface area contributed by atoms with Crippen molar-refractivity contribution in [2.45, 2.75) is 117 Å². The predicted molar refractivity (Wildman–Crippen MR) is 161 cm³/mol. The maximum Gasteiger partial charge on any atom is 0.407 e. The Labute approximate surface area is 230 Å². The van der Waals surface area contributed by atoms with Crippen LogP contribution in [-0.4, -0.2) is 72.2 Å². The Hall–Kier alpha value is -0.712. The van der Waals surface area contributed by atoms with E-state index in [1.54, 1.807) is 0 Å². The predicted octanol–water partition coefficient (Wildman–Crippen LogP) is 6.68. The van der Waals surface area contributed by atoms with Gasteiger partial charge in [0.15, 0.2) is 16.6 Å². The van der Waals surface area contributed by atoms with Crippen molar-refractivity contribution in [3.8, 4) is 0 Å².